The fraction of sp³-hybridized carbons (Fsp3) is 0.538. The Morgan fingerprint density at radius 3 is 2.14 bits per heavy atom. The Balaban J connectivity index is 0.000000791. The summed E-state index contributed by atoms with van der Waals surface area (Å²) in [7, 11) is 1.74. The van der Waals surface area contributed by atoms with Gasteiger partial charge in [0, 0.05) is 7.11 Å². The lowest BCUT2D eigenvalue weighted by Crippen LogP contribution is -2.19. The van der Waals surface area contributed by atoms with E-state index in [2.05, 4.69) is 45.0 Å². The number of ether oxygens (including phenoxy) is 1. The molecule has 14 heavy (non-hydrogen) atoms. The Kier molecular flexibility index (Phi) is 5.47. The van der Waals surface area contributed by atoms with Crippen LogP contribution in [0.2, 0.25) is 0 Å². The van der Waals surface area contributed by atoms with Crippen LogP contribution in [0.5, 0.6) is 0 Å². The Labute approximate surface area is 88.1 Å². The van der Waals surface area contributed by atoms with Crippen molar-refractivity contribution in [2.45, 2.75) is 40.2 Å². The average molecular weight is 194 g/mol. The van der Waals surface area contributed by atoms with E-state index in [1.54, 1.807) is 7.11 Å². The molecule has 0 spiro atoms. The average Bonchev–Trinajstić information content (AvgIpc) is 2.21. The van der Waals surface area contributed by atoms with Gasteiger partial charge in [-0.25, -0.2) is 0 Å². The maximum absolute atomic E-state index is 5.38. The third-order valence-corrected chi connectivity index (χ3v) is 2.22. The maximum atomic E-state index is 5.38. The first kappa shape index (κ1) is 13.2. The maximum Gasteiger partial charge on any atom is 0.0871 e. The molecule has 0 heterocycles. The first-order valence-corrected chi connectivity index (χ1v) is 5.18. The topological polar surface area (TPSA) is 9.23 Å². The molecule has 0 fully saturated rings. The van der Waals surface area contributed by atoms with Crippen molar-refractivity contribution in [2.75, 3.05) is 7.11 Å². The summed E-state index contributed by atoms with van der Waals surface area (Å²) in [6.45, 7) is 10.2. The van der Waals surface area contributed by atoms with Gasteiger partial charge in [0.05, 0.1) is 5.60 Å². The molecule has 0 saturated heterocycles. The summed E-state index contributed by atoms with van der Waals surface area (Å²) in [5.41, 5.74) is 2.33. The van der Waals surface area contributed by atoms with Crippen LogP contribution in [0.3, 0.4) is 0 Å². The first-order valence-electron chi connectivity index (χ1n) is 5.18. The zero-order valence-corrected chi connectivity index (χ0v) is 10.2. The van der Waals surface area contributed by atoms with Gasteiger partial charge in [0.15, 0.2) is 0 Å². The number of aryl methyl sites for hydroxylation is 1. The van der Waals surface area contributed by atoms with Gasteiger partial charge in [0.25, 0.3) is 0 Å². The molecule has 0 aromatic heterocycles. The van der Waals surface area contributed by atoms with E-state index in [9.17, 15) is 0 Å². The van der Waals surface area contributed by atoms with E-state index in [0.717, 1.165) is 0 Å². The lowest BCUT2D eigenvalue weighted by Gasteiger charge is -2.23. The molecule has 0 bridgehead atoms. The van der Waals surface area contributed by atoms with Crippen LogP contribution >= 0.6 is 0 Å². The van der Waals surface area contributed by atoms with Crippen LogP contribution in [-0.4, -0.2) is 7.11 Å². The molecule has 1 aromatic rings. The molecule has 0 atom stereocenters. The van der Waals surface area contributed by atoms with Gasteiger partial charge in [-0.15, -0.1) is 0 Å². The highest BCUT2D eigenvalue weighted by atomic mass is 16.5. The molecule has 0 amide bonds. The summed E-state index contributed by atoms with van der Waals surface area (Å²) in [4.78, 5) is 0. The highest BCUT2D eigenvalue weighted by Gasteiger charge is 2.18. The van der Waals surface area contributed by atoms with Crippen molar-refractivity contribution in [1.82, 2.24) is 0 Å². The molecule has 0 N–H and O–H groups in total. The Hall–Kier alpha value is -0.820. The van der Waals surface area contributed by atoms with Gasteiger partial charge in [0.2, 0.25) is 0 Å². The number of hydrogen-bond acceptors (Lipinski definition) is 1. The molecule has 0 aliphatic rings. The normalized spacial score (nSPS) is 10.4. The van der Waals surface area contributed by atoms with Crippen molar-refractivity contribution < 1.29 is 4.74 Å². The Morgan fingerprint density at radius 2 is 1.71 bits per heavy atom. The third kappa shape index (κ3) is 3.51. The van der Waals surface area contributed by atoms with Crippen LogP contribution in [0.25, 0.3) is 0 Å². The van der Waals surface area contributed by atoms with E-state index in [-0.39, 0.29) is 5.60 Å². The van der Waals surface area contributed by atoms with Gasteiger partial charge in [0.1, 0.15) is 0 Å². The molecule has 0 saturated carbocycles. The highest BCUT2D eigenvalue weighted by Crippen LogP contribution is 2.23. The SMILES string of the molecule is CC.COC(C)(C)c1cccc(C)c1. The summed E-state index contributed by atoms with van der Waals surface area (Å²) in [6.07, 6.45) is 0. The van der Waals surface area contributed by atoms with Crippen LogP contribution in [0.1, 0.15) is 38.8 Å². The van der Waals surface area contributed by atoms with Crippen LogP contribution in [0.15, 0.2) is 24.3 Å². The Bertz CT molecular complexity index is 264. The van der Waals surface area contributed by atoms with E-state index in [1.807, 2.05) is 13.8 Å². The lowest BCUT2D eigenvalue weighted by molar-refractivity contribution is 0.0192. The molecule has 0 radical (unpaired) electrons. The van der Waals surface area contributed by atoms with E-state index in [4.69, 9.17) is 4.74 Å². The van der Waals surface area contributed by atoms with E-state index in [1.165, 1.54) is 11.1 Å². The van der Waals surface area contributed by atoms with Crippen LogP contribution < -0.4 is 0 Å². The zero-order chi connectivity index (χ0) is 11.2. The number of hydrogen-bond donors (Lipinski definition) is 0. The second kappa shape index (κ2) is 5.82. The summed E-state index contributed by atoms with van der Waals surface area (Å²) < 4.78 is 5.38. The second-order valence-electron chi connectivity index (χ2n) is 3.58. The van der Waals surface area contributed by atoms with Gasteiger partial charge in [-0.3, -0.25) is 0 Å². The smallest absolute Gasteiger partial charge is 0.0871 e. The molecule has 1 aromatic carbocycles. The quantitative estimate of drug-likeness (QED) is 0.693. The van der Waals surface area contributed by atoms with Crippen molar-refractivity contribution in [1.29, 1.82) is 0 Å². The molecule has 1 nitrogen and oxygen atoms in total. The van der Waals surface area contributed by atoms with Gasteiger partial charge < -0.3 is 4.74 Å². The van der Waals surface area contributed by atoms with Gasteiger partial charge in [-0.2, -0.15) is 0 Å². The summed E-state index contributed by atoms with van der Waals surface area (Å²) in [5.74, 6) is 0. The van der Waals surface area contributed by atoms with E-state index in [0.29, 0.717) is 0 Å². The molecular weight excluding hydrogens is 172 g/mol. The van der Waals surface area contributed by atoms with Crippen molar-refractivity contribution in [3.8, 4) is 0 Å². The van der Waals surface area contributed by atoms with Gasteiger partial charge in [-0.1, -0.05) is 43.7 Å². The van der Waals surface area contributed by atoms with Crippen LogP contribution in [0, 0.1) is 6.92 Å². The molecule has 0 aliphatic heterocycles. The molecule has 0 unspecified atom stereocenters. The predicted octanol–water partition coefficient (Wildman–Crippen LogP) is 3.90. The minimum atomic E-state index is -0.175. The fourth-order valence-electron chi connectivity index (χ4n) is 1.14. The van der Waals surface area contributed by atoms with Crippen LogP contribution in [-0.2, 0) is 10.3 Å². The molecule has 0 aliphatic carbocycles. The first-order chi connectivity index (χ1) is 6.56. The molecular formula is C13H22O. The van der Waals surface area contributed by atoms with Crippen molar-refractivity contribution in [3.63, 3.8) is 0 Å². The van der Waals surface area contributed by atoms with Crippen molar-refractivity contribution >= 4 is 0 Å². The second-order valence-corrected chi connectivity index (χ2v) is 3.58. The minimum absolute atomic E-state index is 0.175. The van der Waals surface area contributed by atoms with E-state index < -0.39 is 0 Å². The fourth-order valence-corrected chi connectivity index (χ4v) is 1.14. The standard InChI is InChI=1S/C11H16O.C2H6/c1-9-6-5-7-10(8-9)11(2,3)12-4;1-2/h5-8H,1-4H3;1-2H3. The van der Waals surface area contributed by atoms with Gasteiger partial charge in [-0.05, 0) is 26.3 Å². The number of benzene rings is 1. The summed E-state index contributed by atoms with van der Waals surface area (Å²) >= 11 is 0. The van der Waals surface area contributed by atoms with E-state index >= 15 is 0 Å². The third-order valence-electron chi connectivity index (χ3n) is 2.22. The summed E-state index contributed by atoms with van der Waals surface area (Å²) in [5, 5.41) is 0. The van der Waals surface area contributed by atoms with Crippen molar-refractivity contribution in [2.24, 2.45) is 0 Å². The zero-order valence-electron chi connectivity index (χ0n) is 10.2. The lowest BCUT2D eigenvalue weighted by atomic mass is 9.97. The minimum Gasteiger partial charge on any atom is -0.374 e. The van der Waals surface area contributed by atoms with Crippen LogP contribution in [0.4, 0.5) is 0 Å². The molecule has 1 rings (SSSR count). The molecule has 1 heteroatoms. The van der Waals surface area contributed by atoms with Gasteiger partial charge >= 0.3 is 0 Å². The predicted molar refractivity (Wildman–Crippen MR) is 62.6 cm³/mol. The van der Waals surface area contributed by atoms with Crippen molar-refractivity contribution in [3.05, 3.63) is 35.4 Å². The monoisotopic (exact) mass is 194 g/mol. The number of rotatable bonds is 2. The number of methoxy groups -OCH3 is 1. The highest BCUT2D eigenvalue weighted by molar-refractivity contribution is 5.26. The molecule has 80 valence electrons. The summed E-state index contributed by atoms with van der Waals surface area (Å²) in [6, 6.07) is 8.40. The largest absolute Gasteiger partial charge is 0.374 e. The Morgan fingerprint density at radius 1 is 1.14 bits per heavy atom.